The second-order valence-electron chi connectivity index (χ2n) is 8.33. The van der Waals surface area contributed by atoms with Crippen molar-refractivity contribution in [3.05, 3.63) is 29.8 Å². The molecule has 0 saturated carbocycles. The zero-order valence-corrected chi connectivity index (χ0v) is 20.1. The molecule has 1 aliphatic rings. The van der Waals surface area contributed by atoms with Gasteiger partial charge in [-0.25, -0.2) is 0 Å². The van der Waals surface area contributed by atoms with Crippen molar-refractivity contribution in [2.24, 2.45) is 11.7 Å². The number of benzene rings is 1. The van der Waals surface area contributed by atoms with Crippen LogP contribution in [0.5, 0.6) is 5.75 Å². The topological polar surface area (TPSA) is 133 Å². The number of carboxylic acids is 2. The van der Waals surface area contributed by atoms with Crippen molar-refractivity contribution in [3.63, 3.8) is 0 Å². The number of nitrogens with zero attached hydrogens (tertiary/aromatic N) is 2. The Kier molecular flexibility index (Phi) is 13.2. The number of hydrogen-bond donors (Lipinski definition) is 3. The summed E-state index contributed by atoms with van der Waals surface area (Å²) >= 11 is 0. The van der Waals surface area contributed by atoms with Crippen LogP contribution in [0.3, 0.4) is 0 Å². The van der Waals surface area contributed by atoms with Crippen molar-refractivity contribution in [1.82, 2.24) is 9.80 Å². The summed E-state index contributed by atoms with van der Waals surface area (Å²) in [6.07, 6.45) is 1.54. The smallest absolute Gasteiger partial charge is 0.300 e. The average Bonchev–Trinajstić information content (AvgIpc) is 2.92. The minimum atomic E-state index is -0.833. The van der Waals surface area contributed by atoms with E-state index in [1.165, 1.54) is 0 Å². The number of carboxylic acid groups (broad SMARTS) is 2. The largest absolute Gasteiger partial charge is 0.492 e. The van der Waals surface area contributed by atoms with Crippen LogP contribution in [0.25, 0.3) is 0 Å². The van der Waals surface area contributed by atoms with Crippen LogP contribution < -0.4 is 10.5 Å². The third-order valence-electron chi connectivity index (χ3n) is 5.36. The monoisotopic (exact) mass is 453 g/mol. The number of carbonyl (C=O) groups is 3. The summed E-state index contributed by atoms with van der Waals surface area (Å²) in [5.41, 5.74) is 6.57. The average molecular weight is 454 g/mol. The standard InChI is InChI=1S/C19H31N3O2.2C2H4O2/c1-19(2)16(8-10-22(19)4)14-21(3)18(23)13-15-6-5-7-17(12-15)24-11-9-20;2*1-2(3)4/h5-7,12,16H,8-11,13-14,20H2,1-4H3;2*1H3,(H,3,4). The number of likely N-dealkylation sites (N-methyl/N-ethyl adjacent to an activating group) is 1. The maximum absolute atomic E-state index is 12.6. The Labute approximate surface area is 191 Å². The number of hydrogen-bond acceptors (Lipinski definition) is 6. The molecule has 4 N–H and O–H groups in total. The van der Waals surface area contributed by atoms with E-state index >= 15 is 0 Å². The summed E-state index contributed by atoms with van der Waals surface area (Å²) in [6.45, 7) is 9.57. The van der Waals surface area contributed by atoms with Crippen LogP contribution >= 0.6 is 0 Å². The highest BCUT2D eigenvalue weighted by molar-refractivity contribution is 5.78. The zero-order chi connectivity index (χ0) is 24.9. The Morgan fingerprint density at radius 2 is 1.78 bits per heavy atom. The first-order chi connectivity index (χ1) is 14.8. The van der Waals surface area contributed by atoms with Gasteiger partial charge in [-0.1, -0.05) is 12.1 Å². The molecule has 2 rings (SSSR count). The van der Waals surface area contributed by atoms with Crippen molar-refractivity contribution in [2.75, 3.05) is 40.3 Å². The highest BCUT2D eigenvalue weighted by Gasteiger charge is 2.39. The first kappa shape index (κ1) is 29.4. The molecule has 32 heavy (non-hydrogen) atoms. The lowest BCUT2D eigenvalue weighted by Crippen LogP contribution is -2.45. The molecular formula is C23H39N3O6. The number of ether oxygens (including phenoxy) is 1. The molecule has 182 valence electrons. The summed E-state index contributed by atoms with van der Waals surface area (Å²) in [4.78, 5) is 34.8. The first-order valence-corrected chi connectivity index (χ1v) is 10.6. The van der Waals surface area contributed by atoms with Crippen molar-refractivity contribution < 1.29 is 29.3 Å². The molecule has 0 aromatic heterocycles. The highest BCUT2D eigenvalue weighted by Crippen LogP contribution is 2.33. The summed E-state index contributed by atoms with van der Waals surface area (Å²) in [6, 6.07) is 7.71. The van der Waals surface area contributed by atoms with E-state index in [0.29, 0.717) is 25.5 Å². The van der Waals surface area contributed by atoms with E-state index in [1.807, 2.05) is 36.2 Å². The number of aliphatic carboxylic acids is 2. The molecule has 1 aliphatic heterocycles. The molecule has 9 nitrogen and oxygen atoms in total. The van der Waals surface area contributed by atoms with Gasteiger partial charge in [0.15, 0.2) is 0 Å². The number of rotatable bonds is 7. The lowest BCUT2D eigenvalue weighted by atomic mass is 9.88. The van der Waals surface area contributed by atoms with Crippen molar-refractivity contribution >= 4 is 17.8 Å². The van der Waals surface area contributed by atoms with Gasteiger partial charge < -0.3 is 30.5 Å². The van der Waals surface area contributed by atoms with Crippen LogP contribution in [0.15, 0.2) is 24.3 Å². The van der Waals surface area contributed by atoms with Gasteiger partial charge in [-0.05, 0) is 57.5 Å². The summed E-state index contributed by atoms with van der Waals surface area (Å²) < 4.78 is 5.53. The number of nitrogens with two attached hydrogens (primary N) is 1. The SMILES string of the molecule is CC(=O)O.CC(=O)O.CN(CC1CCN(C)C1(C)C)C(=O)Cc1cccc(OCCN)c1. The lowest BCUT2D eigenvalue weighted by Gasteiger charge is -2.35. The Bertz CT molecular complexity index is 718. The Hall–Kier alpha value is -2.65. The van der Waals surface area contributed by atoms with E-state index in [2.05, 4.69) is 25.8 Å². The predicted octanol–water partition coefficient (Wildman–Crippen LogP) is 1.94. The first-order valence-electron chi connectivity index (χ1n) is 10.6. The number of amides is 1. The lowest BCUT2D eigenvalue weighted by molar-refractivity contribution is -0.135. The maximum atomic E-state index is 12.6. The summed E-state index contributed by atoms with van der Waals surface area (Å²) in [5, 5.41) is 14.8. The highest BCUT2D eigenvalue weighted by atomic mass is 16.5. The molecule has 0 spiro atoms. The van der Waals surface area contributed by atoms with Gasteiger partial charge in [-0.2, -0.15) is 0 Å². The van der Waals surface area contributed by atoms with Gasteiger partial charge in [0.05, 0.1) is 6.42 Å². The number of carbonyl (C=O) groups excluding carboxylic acids is 1. The molecule has 1 aromatic carbocycles. The van der Waals surface area contributed by atoms with Crippen LogP contribution in [-0.2, 0) is 20.8 Å². The fourth-order valence-corrected chi connectivity index (χ4v) is 3.28. The number of likely N-dealkylation sites (tertiary alicyclic amines) is 1. The van der Waals surface area contributed by atoms with Crippen LogP contribution in [0.4, 0.5) is 0 Å². The molecular weight excluding hydrogens is 414 g/mol. The van der Waals surface area contributed by atoms with Crippen molar-refractivity contribution in [2.45, 2.75) is 46.1 Å². The molecule has 9 heteroatoms. The molecule has 1 fully saturated rings. The van der Waals surface area contributed by atoms with Gasteiger partial charge in [0.1, 0.15) is 12.4 Å². The van der Waals surface area contributed by atoms with E-state index in [1.54, 1.807) is 0 Å². The molecule has 1 unspecified atom stereocenters. The third kappa shape index (κ3) is 11.7. The van der Waals surface area contributed by atoms with Crippen LogP contribution in [0, 0.1) is 5.92 Å². The molecule has 0 aliphatic carbocycles. The van der Waals surface area contributed by atoms with E-state index in [4.69, 9.17) is 30.3 Å². The molecule has 0 radical (unpaired) electrons. The second kappa shape index (κ2) is 14.4. The van der Waals surface area contributed by atoms with Gasteiger partial charge in [-0.3, -0.25) is 14.4 Å². The van der Waals surface area contributed by atoms with Gasteiger partial charge in [0.2, 0.25) is 5.91 Å². The van der Waals surface area contributed by atoms with Crippen LogP contribution in [0.1, 0.15) is 39.7 Å². The molecule has 1 heterocycles. The van der Waals surface area contributed by atoms with Crippen molar-refractivity contribution in [3.8, 4) is 5.75 Å². The Balaban J connectivity index is 0.00000104. The fraction of sp³-hybridized carbons (Fsp3) is 0.609. The Morgan fingerprint density at radius 3 is 2.25 bits per heavy atom. The minimum absolute atomic E-state index is 0.143. The van der Waals surface area contributed by atoms with Crippen molar-refractivity contribution in [1.29, 1.82) is 0 Å². The maximum Gasteiger partial charge on any atom is 0.300 e. The van der Waals surface area contributed by atoms with E-state index in [0.717, 1.165) is 44.7 Å². The molecule has 1 aromatic rings. The van der Waals surface area contributed by atoms with E-state index < -0.39 is 11.9 Å². The Morgan fingerprint density at radius 1 is 1.22 bits per heavy atom. The second-order valence-corrected chi connectivity index (χ2v) is 8.33. The fourth-order valence-electron chi connectivity index (χ4n) is 3.28. The molecule has 1 atom stereocenters. The van der Waals surface area contributed by atoms with Crippen LogP contribution in [0.2, 0.25) is 0 Å². The third-order valence-corrected chi connectivity index (χ3v) is 5.36. The van der Waals surface area contributed by atoms with Gasteiger partial charge in [0.25, 0.3) is 11.9 Å². The van der Waals surface area contributed by atoms with Gasteiger partial charge >= 0.3 is 0 Å². The molecule has 1 amide bonds. The zero-order valence-electron chi connectivity index (χ0n) is 20.1. The summed E-state index contributed by atoms with van der Waals surface area (Å²) in [7, 11) is 4.07. The van der Waals surface area contributed by atoms with Crippen LogP contribution in [-0.4, -0.2) is 83.7 Å². The quantitative estimate of drug-likeness (QED) is 0.570. The molecule has 1 saturated heterocycles. The predicted molar refractivity (Wildman–Crippen MR) is 124 cm³/mol. The van der Waals surface area contributed by atoms with Gasteiger partial charge in [0, 0.05) is 39.5 Å². The van der Waals surface area contributed by atoms with E-state index in [-0.39, 0.29) is 11.4 Å². The summed E-state index contributed by atoms with van der Waals surface area (Å²) in [5.74, 6) is -0.237. The van der Waals surface area contributed by atoms with Gasteiger partial charge in [-0.15, -0.1) is 0 Å². The van der Waals surface area contributed by atoms with E-state index in [9.17, 15) is 4.79 Å². The minimum Gasteiger partial charge on any atom is -0.492 e. The normalized spacial score (nSPS) is 16.7. The molecule has 0 bridgehead atoms.